The quantitative estimate of drug-likeness (QED) is 0.821. The molecule has 5 nitrogen and oxygen atoms in total. The fourth-order valence-corrected chi connectivity index (χ4v) is 2.70. The maximum absolute atomic E-state index is 12.5. The summed E-state index contributed by atoms with van der Waals surface area (Å²) in [5, 5.41) is 2.56. The molecule has 22 heavy (non-hydrogen) atoms. The Morgan fingerprint density at radius 2 is 2.00 bits per heavy atom. The molecule has 5 heteroatoms. The molecule has 1 N–H and O–H groups in total. The van der Waals surface area contributed by atoms with Gasteiger partial charge >= 0.3 is 11.8 Å². The zero-order valence-corrected chi connectivity index (χ0v) is 12.5. The molecule has 0 bridgehead atoms. The maximum Gasteiger partial charge on any atom is 0.316 e. The summed E-state index contributed by atoms with van der Waals surface area (Å²) < 4.78 is 0. The van der Waals surface area contributed by atoms with Gasteiger partial charge in [-0.15, -0.1) is 0 Å². The Bertz CT molecular complexity index is 725. The number of rotatable bonds is 1. The number of para-hydroxylation sites is 1. The minimum absolute atomic E-state index is 0.0263. The lowest BCUT2D eigenvalue weighted by molar-refractivity contribution is -0.134. The SMILES string of the molecule is Cc1ccc(NC(=O)C(=O)N2c3ccccc3CC2C)nc1. The fraction of sp³-hybridized carbons (Fsp3) is 0.235. The molecular weight excluding hydrogens is 278 g/mol. The number of benzene rings is 1. The predicted molar refractivity (Wildman–Crippen MR) is 84.7 cm³/mol. The molecule has 1 aromatic carbocycles. The van der Waals surface area contributed by atoms with Crippen LogP contribution in [0.4, 0.5) is 11.5 Å². The van der Waals surface area contributed by atoms with Crippen LogP contribution in [0.2, 0.25) is 0 Å². The Morgan fingerprint density at radius 1 is 1.23 bits per heavy atom. The number of carbonyl (C=O) groups is 2. The second-order valence-electron chi connectivity index (χ2n) is 5.53. The first-order valence-corrected chi connectivity index (χ1v) is 7.21. The number of anilines is 2. The van der Waals surface area contributed by atoms with Crippen molar-refractivity contribution >= 4 is 23.3 Å². The summed E-state index contributed by atoms with van der Waals surface area (Å²) in [5.74, 6) is -0.844. The zero-order chi connectivity index (χ0) is 15.7. The van der Waals surface area contributed by atoms with Gasteiger partial charge in [-0.3, -0.25) is 9.59 Å². The molecule has 1 atom stereocenters. The van der Waals surface area contributed by atoms with Crippen LogP contribution in [0.5, 0.6) is 0 Å². The molecule has 1 unspecified atom stereocenters. The minimum Gasteiger partial charge on any atom is -0.302 e. The van der Waals surface area contributed by atoms with E-state index in [2.05, 4.69) is 10.3 Å². The first-order chi connectivity index (χ1) is 10.6. The van der Waals surface area contributed by atoms with Crippen LogP contribution in [0, 0.1) is 6.92 Å². The van der Waals surface area contributed by atoms with Crippen LogP contribution in [-0.2, 0) is 16.0 Å². The number of carbonyl (C=O) groups excluding carboxylic acids is 2. The van der Waals surface area contributed by atoms with Crippen LogP contribution in [0.25, 0.3) is 0 Å². The van der Waals surface area contributed by atoms with Gasteiger partial charge in [0.25, 0.3) is 0 Å². The summed E-state index contributed by atoms with van der Waals surface area (Å²) in [6, 6.07) is 11.2. The molecule has 2 aromatic rings. The molecule has 0 spiro atoms. The number of hydrogen-bond donors (Lipinski definition) is 1. The number of aryl methyl sites for hydroxylation is 1. The van der Waals surface area contributed by atoms with Crippen molar-refractivity contribution in [2.45, 2.75) is 26.3 Å². The highest BCUT2D eigenvalue weighted by atomic mass is 16.2. The van der Waals surface area contributed by atoms with Crippen LogP contribution >= 0.6 is 0 Å². The van der Waals surface area contributed by atoms with Crippen molar-refractivity contribution in [3.63, 3.8) is 0 Å². The highest BCUT2D eigenvalue weighted by Gasteiger charge is 2.34. The average molecular weight is 295 g/mol. The van der Waals surface area contributed by atoms with E-state index in [1.807, 2.05) is 44.2 Å². The van der Waals surface area contributed by atoms with Crippen molar-refractivity contribution in [3.8, 4) is 0 Å². The van der Waals surface area contributed by atoms with Gasteiger partial charge in [-0.05, 0) is 43.5 Å². The molecule has 0 fully saturated rings. The molecule has 0 aliphatic carbocycles. The number of nitrogens with zero attached hydrogens (tertiary/aromatic N) is 2. The highest BCUT2D eigenvalue weighted by Crippen LogP contribution is 2.31. The lowest BCUT2D eigenvalue weighted by Gasteiger charge is -2.21. The summed E-state index contributed by atoms with van der Waals surface area (Å²) in [5.41, 5.74) is 2.89. The molecule has 0 saturated heterocycles. The van der Waals surface area contributed by atoms with Gasteiger partial charge in [0.05, 0.1) is 0 Å². The Hall–Kier alpha value is -2.69. The topological polar surface area (TPSA) is 62.3 Å². The van der Waals surface area contributed by atoms with Crippen molar-refractivity contribution in [1.29, 1.82) is 0 Å². The van der Waals surface area contributed by atoms with E-state index in [9.17, 15) is 9.59 Å². The second-order valence-corrected chi connectivity index (χ2v) is 5.53. The van der Waals surface area contributed by atoms with E-state index >= 15 is 0 Å². The standard InChI is InChI=1S/C17H17N3O2/c1-11-7-8-15(18-10-11)19-16(21)17(22)20-12(2)9-13-5-3-4-6-14(13)20/h3-8,10,12H,9H2,1-2H3,(H,18,19,21). The summed E-state index contributed by atoms with van der Waals surface area (Å²) in [6.07, 6.45) is 2.41. The number of pyridine rings is 1. The first kappa shape index (κ1) is 14.3. The number of fused-ring (bicyclic) bond motifs is 1. The van der Waals surface area contributed by atoms with Gasteiger partial charge < -0.3 is 10.2 Å². The van der Waals surface area contributed by atoms with Crippen LogP contribution in [0.3, 0.4) is 0 Å². The molecule has 112 valence electrons. The van der Waals surface area contributed by atoms with Crippen molar-refractivity contribution in [2.75, 3.05) is 10.2 Å². The van der Waals surface area contributed by atoms with Crippen molar-refractivity contribution < 1.29 is 9.59 Å². The van der Waals surface area contributed by atoms with Gasteiger partial charge in [0, 0.05) is 17.9 Å². The van der Waals surface area contributed by atoms with E-state index in [4.69, 9.17) is 0 Å². The van der Waals surface area contributed by atoms with Crippen LogP contribution in [0.1, 0.15) is 18.1 Å². The number of aromatic nitrogens is 1. The molecular formula is C17H17N3O2. The minimum atomic E-state index is -0.667. The van der Waals surface area contributed by atoms with Crippen LogP contribution in [-0.4, -0.2) is 22.8 Å². The Kier molecular flexibility index (Phi) is 3.63. The smallest absolute Gasteiger partial charge is 0.302 e. The van der Waals surface area contributed by atoms with E-state index in [-0.39, 0.29) is 6.04 Å². The first-order valence-electron chi connectivity index (χ1n) is 7.21. The number of nitrogens with one attached hydrogen (secondary N) is 1. The third-order valence-electron chi connectivity index (χ3n) is 3.77. The van der Waals surface area contributed by atoms with Gasteiger partial charge in [-0.2, -0.15) is 0 Å². The monoisotopic (exact) mass is 295 g/mol. The van der Waals surface area contributed by atoms with E-state index in [0.29, 0.717) is 5.82 Å². The maximum atomic E-state index is 12.5. The summed E-state index contributed by atoms with van der Waals surface area (Å²) in [4.78, 5) is 30.3. The molecule has 2 amide bonds. The van der Waals surface area contributed by atoms with E-state index in [1.165, 1.54) is 0 Å². The molecule has 0 saturated carbocycles. The van der Waals surface area contributed by atoms with Gasteiger partial charge in [-0.25, -0.2) is 4.98 Å². The zero-order valence-electron chi connectivity index (χ0n) is 12.5. The Labute approximate surface area is 129 Å². The van der Waals surface area contributed by atoms with Gasteiger partial charge in [0.1, 0.15) is 5.82 Å². The average Bonchev–Trinajstić information content (AvgIpc) is 2.84. The van der Waals surface area contributed by atoms with Gasteiger partial charge in [-0.1, -0.05) is 24.3 Å². The third kappa shape index (κ3) is 2.57. The van der Waals surface area contributed by atoms with Gasteiger partial charge in [0.2, 0.25) is 0 Å². The molecule has 3 rings (SSSR count). The molecule has 2 heterocycles. The fourth-order valence-electron chi connectivity index (χ4n) is 2.70. The van der Waals surface area contributed by atoms with Crippen molar-refractivity contribution in [1.82, 2.24) is 4.98 Å². The molecule has 0 radical (unpaired) electrons. The Balaban J connectivity index is 1.79. The van der Waals surface area contributed by atoms with Gasteiger partial charge in [0.15, 0.2) is 0 Å². The lowest BCUT2D eigenvalue weighted by atomic mass is 10.1. The summed E-state index contributed by atoms with van der Waals surface area (Å²) >= 11 is 0. The van der Waals surface area contributed by atoms with Crippen LogP contribution < -0.4 is 10.2 Å². The van der Waals surface area contributed by atoms with Crippen molar-refractivity contribution in [2.24, 2.45) is 0 Å². The normalized spacial score (nSPS) is 16.3. The van der Waals surface area contributed by atoms with Crippen molar-refractivity contribution in [3.05, 3.63) is 53.7 Å². The van der Waals surface area contributed by atoms with E-state index in [0.717, 1.165) is 23.2 Å². The van der Waals surface area contributed by atoms with E-state index < -0.39 is 11.8 Å². The molecule has 1 aliphatic heterocycles. The van der Waals surface area contributed by atoms with E-state index in [1.54, 1.807) is 17.2 Å². The number of hydrogen-bond acceptors (Lipinski definition) is 3. The predicted octanol–water partition coefficient (Wildman–Crippen LogP) is 2.31. The highest BCUT2D eigenvalue weighted by molar-refractivity contribution is 6.44. The lowest BCUT2D eigenvalue weighted by Crippen LogP contribution is -2.43. The largest absolute Gasteiger partial charge is 0.316 e. The second kappa shape index (κ2) is 5.60. The Morgan fingerprint density at radius 3 is 2.73 bits per heavy atom. The summed E-state index contributed by atoms with van der Waals surface area (Å²) in [7, 11) is 0. The summed E-state index contributed by atoms with van der Waals surface area (Å²) in [6.45, 7) is 3.85. The van der Waals surface area contributed by atoms with Crippen LogP contribution in [0.15, 0.2) is 42.6 Å². The molecule has 1 aromatic heterocycles. The third-order valence-corrected chi connectivity index (χ3v) is 3.77. The number of amides is 2. The molecule has 1 aliphatic rings.